The van der Waals surface area contributed by atoms with Crippen LogP contribution in [0.2, 0.25) is 0 Å². The number of rotatable bonds is 3. The molecule has 20 heavy (non-hydrogen) atoms. The Kier molecular flexibility index (Phi) is 4.88. The van der Waals surface area contributed by atoms with E-state index in [1.165, 1.54) is 18.9 Å². The third kappa shape index (κ3) is 3.06. The van der Waals surface area contributed by atoms with Crippen molar-refractivity contribution in [2.24, 2.45) is 0 Å². The van der Waals surface area contributed by atoms with Crippen molar-refractivity contribution in [2.75, 3.05) is 13.7 Å². The minimum Gasteiger partial charge on any atom is -0.507 e. The molecule has 1 amide bonds. The van der Waals surface area contributed by atoms with Crippen LogP contribution in [0.1, 0.15) is 49.4 Å². The number of hydrogen-bond acceptors (Lipinski definition) is 3. The maximum absolute atomic E-state index is 12.7. The van der Waals surface area contributed by atoms with E-state index in [0.29, 0.717) is 11.3 Å². The van der Waals surface area contributed by atoms with Gasteiger partial charge in [0.1, 0.15) is 11.5 Å². The van der Waals surface area contributed by atoms with E-state index in [2.05, 4.69) is 6.92 Å². The molecule has 1 fully saturated rings. The van der Waals surface area contributed by atoms with Crippen LogP contribution in [0.15, 0.2) is 18.2 Å². The van der Waals surface area contributed by atoms with Crippen molar-refractivity contribution < 1.29 is 14.6 Å². The van der Waals surface area contributed by atoms with Gasteiger partial charge >= 0.3 is 0 Å². The lowest BCUT2D eigenvalue weighted by atomic mass is 10.1. The van der Waals surface area contributed by atoms with E-state index in [9.17, 15) is 9.90 Å². The average Bonchev–Trinajstić information content (AvgIpc) is 2.72. The second kappa shape index (κ2) is 6.64. The molecule has 1 aliphatic rings. The number of hydrogen-bond donors (Lipinski definition) is 1. The zero-order chi connectivity index (χ0) is 14.5. The van der Waals surface area contributed by atoms with Gasteiger partial charge in [-0.25, -0.2) is 0 Å². The van der Waals surface area contributed by atoms with Crippen LogP contribution < -0.4 is 4.74 Å². The van der Waals surface area contributed by atoms with Crippen LogP contribution in [-0.2, 0) is 0 Å². The maximum atomic E-state index is 12.7. The van der Waals surface area contributed by atoms with E-state index in [4.69, 9.17) is 4.74 Å². The highest BCUT2D eigenvalue weighted by atomic mass is 16.5. The molecule has 1 unspecified atom stereocenters. The first-order chi connectivity index (χ1) is 9.67. The number of phenolic OH excluding ortho intramolecular Hbond substituents is 1. The summed E-state index contributed by atoms with van der Waals surface area (Å²) in [5.41, 5.74) is 0.338. The van der Waals surface area contributed by atoms with Crippen molar-refractivity contribution in [3.8, 4) is 11.5 Å². The fourth-order valence-corrected chi connectivity index (χ4v) is 2.84. The molecule has 1 aromatic carbocycles. The van der Waals surface area contributed by atoms with Crippen LogP contribution in [0.5, 0.6) is 11.5 Å². The van der Waals surface area contributed by atoms with Gasteiger partial charge in [0.05, 0.1) is 12.7 Å². The number of benzene rings is 1. The summed E-state index contributed by atoms with van der Waals surface area (Å²) in [5, 5.41) is 9.96. The van der Waals surface area contributed by atoms with Crippen molar-refractivity contribution in [1.29, 1.82) is 0 Å². The molecule has 0 radical (unpaired) electrons. The van der Waals surface area contributed by atoms with Crippen LogP contribution in [0.4, 0.5) is 0 Å². The summed E-state index contributed by atoms with van der Waals surface area (Å²) in [6.07, 6.45) is 5.38. The number of carbonyl (C=O) groups is 1. The lowest BCUT2D eigenvalue weighted by Gasteiger charge is -2.29. The Bertz CT molecular complexity index is 473. The Morgan fingerprint density at radius 3 is 2.90 bits per heavy atom. The minimum atomic E-state index is -0.0878. The number of aromatic hydroxyl groups is 1. The third-order valence-corrected chi connectivity index (χ3v) is 4.04. The molecule has 1 atom stereocenters. The Morgan fingerprint density at radius 1 is 1.40 bits per heavy atom. The molecule has 1 heterocycles. The summed E-state index contributed by atoms with van der Waals surface area (Å²) in [5.74, 6) is 0.527. The van der Waals surface area contributed by atoms with Gasteiger partial charge in [-0.05, 0) is 37.5 Å². The summed E-state index contributed by atoms with van der Waals surface area (Å²) in [6, 6.07) is 5.07. The largest absolute Gasteiger partial charge is 0.507 e. The average molecular weight is 277 g/mol. The van der Waals surface area contributed by atoms with E-state index in [1.807, 2.05) is 4.90 Å². The van der Waals surface area contributed by atoms with Crippen LogP contribution in [0.25, 0.3) is 0 Å². The number of likely N-dealkylation sites (tertiary alicyclic amines) is 1. The van der Waals surface area contributed by atoms with Crippen LogP contribution in [-0.4, -0.2) is 35.6 Å². The first-order valence-electron chi connectivity index (χ1n) is 7.35. The van der Waals surface area contributed by atoms with Crippen molar-refractivity contribution >= 4 is 5.91 Å². The quantitative estimate of drug-likeness (QED) is 0.923. The molecule has 1 saturated heterocycles. The van der Waals surface area contributed by atoms with Crippen molar-refractivity contribution in [1.82, 2.24) is 4.90 Å². The number of ether oxygens (including phenoxy) is 1. The highest BCUT2D eigenvalue weighted by Crippen LogP contribution is 2.27. The lowest BCUT2D eigenvalue weighted by molar-refractivity contribution is 0.0674. The molecule has 1 aliphatic heterocycles. The van der Waals surface area contributed by atoms with Gasteiger partial charge in [0.25, 0.3) is 5.91 Å². The second-order valence-electron chi connectivity index (χ2n) is 5.29. The summed E-state index contributed by atoms with van der Waals surface area (Å²) in [4.78, 5) is 14.6. The predicted molar refractivity (Wildman–Crippen MR) is 78.2 cm³/mol. The van der Waals surface area contributed by atoms with Gasteiger partial charge in [-0.1, -0.05) is 19.8 Å². The molecular formula is C16H23NO3. The molecular weight excluding hydrogens is 254 g/mol. The fraction of sp³-hybridized carbons (Fsp3) is 0.562. The number of phenols is 1. The Hall–Kier alpha value is -1.71. The summed E-state index contributed by atoms with van der Waals surface area (Å²) in [6.45, 7) is 2.88. The van der Waals surface area contributed by atoms with Crippen LogP contribution >= 0.6 is 0 Å². The zero-order valence-corrected chi connectivity index (χ0v) is 12.3. The van der Waals surface area contributed by atoms with Gasteiger partial charge in [-0.2, -0.15) is 0 Å². The summed E-state index contributed by atoms with van der Waals surface area (Å²) >= 11 is 0. The molecule has 2 rings (SSSR count). The summed E-state index contributed by atoms with van der Waals surface area (Å²) < 4.78 is 5.14. The molecule has 110 valence electrons. The first kappa shape index (κ1) is 14.7. The zero-order valence-electron chi connectivity index (χ0n) is 12.3. The smallest absolute Gasteiger partial charge is 0.257 e. The van der Waals surface area contributed by atoms with Gasteiger partial charge in [-0.15, -0.1) is 0 Å². The minimum absolute atomic E-state index is 0.0231. The van der Waals surface area contributed by atoms with Crippen LogP contribution in [0, 0.1) is 0 Å². The van der Waals surface area contributed by atoms with Gasteiger partial charge in [0.2, 0.25) is 0 Å². The highest BCUT2D eigenvalue weighted by Gasteiger charge is 2.26. The normalized spacial score (nSPS) is 19.5. The number of amides is 1. The van der Waals surface area contributed by atoms with Gasteiger partial charge < -0.3 is 14.7 Å². The third-order valence-electron chi connectivity index (χ3n) is 4.04. The van der Waals surface area contributed by atoms with Gasteiger partial charge in [-0.3, -0.25) is 4.79 Å². The molecule has 0 spiro atoms. The topological polar surface area (TPSA) is 49.8 Å². The SMILES string of the molecule is CCC1CCCCCN1C(=O)c1cc(OC)ccc1O. The Morgan fingerprint density at radius 2 is 2.20 bits per heavy atom. The van der Waals surface area contributed by atoms with Crippen molar-refractivity contribution in [3.63, 3.8) is 0 Å². The van der Waals surface area contributed by atoms with E-state index >= 15 is 0 Å². The molecule has 0 aromatic heterocycles. The van der Waals surface area contributed by atoms with Gasteiger partial charge in [0, 0.05) is 12.6 Å². The number of carbonyl (C=O) groups excluding carboxylic acids is 1. The molecule has 4 nitrogen and oxygen atoms in total. The second-order valence-corrected chi connectivity index (χ2v) is 5.29. The molecule has 1 aromatic rings. The van der Waals surface area contributed by atoms with E-state index in [1.54, 1.807) is 19.2 Å². The number of methoxy groups -OCH3 is 1. The molecule has 1 N–H and O–H groups in total. The van der Waals surface area contributed by atoms with Gasteiger partial charge in [0.15, 0.2) is 0 Å². The summed E-state index contributed by atoms with van der Waals surface area (Å²) in [7, 11) is 1.56. The first-order valence-corrected chi connectivity index (χ1v) is 7.35. The maximum Gasteiger partial charge on any atom is 0.257 e. The molecule has 4 heteroatoms. The van der Waals surface area contributed by atoms with Crippen molar-refractivity contribution in [3.05, 3.63) is 23.8 Å². The standard InChI is InChI=1S/C16H23NO3/c1-3-12-7-5-4-6-10-17(12)16(19)14-11-13(20-2)8-9-15(14)18/h8-9,11-12,18H,3-7,10H2,1-2H3. The van der Waals surface area contributed by atoms with E-state index in [0.717, 1.165) is 25.8 Å². The Balaban J connectivity index is 2.28. The van der Waals surface area contributed by atoms with Crippen molar-refractivity contribution in [2.45, 2.75) is 45.1 Å². The molecule has 0 saturated carbocycles. The fourth-order valence-electron chi connectivity index (χ4n) is 2.84. The Labute approximate surface area is 120 Å². The highest BCUT2D eigenvalue weighted by molar-refractivity contribution is 5.97. The monoisotopic (exact) mass is 277 g/mol. The van der Waals surface area contributed by atoms with Crippen LogP contribution in [0.3, 0.4) is 0 Å². The lowest BCUT2D eigenvalue weighted by Crippen LogP contribution is -2.39. The molecule has 0 bridgehead atoms. The van der Waals surface area contributed by atoms with E-state index in [-0.39, 0.29) is 17.7 Å². The predicted octanol–water partition coefficient (Wildman–Crippen LogP) is 3.20. The number of nitrogens with zero attached hydrogens (tertiary/aromatic N) is 1. The molecule has 0 aliphatic carbocycles. The van der Waals surface area contributed by atoms with E-state index < -0.39 is 0 Å².